The fourth-order valence-corrected chi connectivity index (χ4v) is 4.48. The van der Waals surface area contributed by atoms with Gasteiger partial charge in [-0.2, -0.15) is 0 Å². The first-order chi connectivity index (χ1) is 11.5. The van der Waals surface area contributed by atoms with Crippen molar-refractivity contribution in [2.75, 3.05) is 39.9 Å². The molecule has 1 atom stereocenters. The number of likely N-dealkylation sites (tertiary alicyclic amines) is 1. The number of hydrogen-bond acceptors (Lipinski definition) is 5. The molecule has 3 heterocycles. The van der Waals surface area contributed by atoms with Crippen LogP contribution in [-0.4, -0.2) is 67.8 Å². The maximum Gasteiger partial charge on any atom is 0.264 e. The molecule has 0 aromatic carbocycles. The number of rotatable bonds is 4. The molecule has 2 amide bonds. The average molecular weight is 417 g/mol. The van der Waals surface area contributed by atoms with Gasteiger partial charge in [-0.15, -0.1) is 11.3 Å². The normalized spacial score (nSPS) is 21.9. The molecule has 1 aromatic heterocycles. The molecule has 2 aliphatic rings. The summed E-state index contributed by atoms with van der Waals surface area (Å²) in [7, 11) is 1.67. The lowest BCUT2D eigenvalue weighted by molar-refractivity contribution is -0.139. The van der Waals surface area contributed by atoms with E-state index in [2.05, 4.69) is 15.9 Å². The zero-order valence-corrected chi connectivity index (χ0v) is 16.0. The van der Waals surface area contributed by atoms with Crippen LogP contribution in [0.15, 0.2) is 15.9 Å². The minimum Gasteiger partial charge on any atom is -0.350 e. The lowest BCUT2D eigenvalue weighted by Crippen LogP contribution is -2.47. The SMILES string of the molecule is CN(CC(=O)N1CCC[C@H](C2OCCO2)C1)C(=O)c1ccc(Br)s1. The first-order valence-corrected chi connectivity index (χ1v) is 9.67. The standard InChI is InChI=1S/C16H21BrN2O4S/c1-18(15(21)12-4-5-13(17)24-12)10-14(20)19-6-2-3-11(9-19)16-22-7-8-23-16/h4-5,11,16H,2-3,6-10H2,1H3/t11-/m0/s1. The number of ether oxygens (including phenoxy) is 2. The maximum atomic E-state index is 12.6. The predicted octanol–water partition coefficient (Wildman–Crippen LogP) is 2.19. The van der Waals surface area contributed by atoms with Crippen LogP contribution in [0.3, 0.4) is 0 Å². The summed E-state index contributed by atoms with van der Waals surface area (Å²) < 4.78 is 12.0. The van der Waals surface area contributed by atoms with Gasteiger partial charge in [0.25, 0.3) is 5.91 Å². The molecular weight excluding hydrogens is 396 g/mol. The summed E-state index contributed by atoms with van der Waals surface area (Å²) in [4.78, 5) is 28.8. The van der Waals surface area contributed by atoms with E-state index < -0.39 is 0 Å². The van der Waals surface area contributed by atoms with Crippen molar-refractivity contribution in [1.29, 1.82) is 0 Å². The van der Waals surface area contributed by atoms with Gasteiger partial charge in [0.1, 0.15) is 0 Å². The zero-order valence-electron chi connectivity index (χ0n) is 13.6. The quantitative estimate of drug-likeness (QED) is 0.754. The van der Waals surface area contributed by atoms with E-state index >= 15 is 0 Å². The highest BCUT2D eigenvalue weighted by molar-refractivity contribution is 9.11. The third-order valence-electron chi connectivity index (χ3n) is 4.35. The molecule has 0 bridgehead atoms. The highest BCUT2D eigenvalue weighted by atomic mass is 79.9. The minimum atomic E-state index is -0.191. The van der Waals surface area contributed by atoms with Gasteiger partial charge in [0.05, 0.1) is 28.4 Å². The van der Waals surface area contributed by atoms with Gasteiger partial charge in [-0.25, -0.2) is 0 Å². The van der Waals surface area contributed by atoms with Crippen LogP contribution in [0.5, 0.6) is 0 Å². The second-order valence-corrected chi connectivity index (χ2v) is 8.58. The zero-order chi connectivity index (χ0) is 17.1. The first-order valence-electron chi connectivity index (χ1n) is 8.06. The largest absolute Gasteiger partial charge is 0.350 e. The fourth-order valence-electron chi connectivity index (χ4n) is 3.10. The Hall–Kier alpha value is -0.960. The Kier molecular flexibility index (Phi) is 5.91. The summed E-state index contributed by atoms with van der Waals surface area (Å²) in [6, 6.07) is 3.61. The number of halogens is 1. The number of thiophene rings is 1. The van der Waals surface area contributed by atoms with E-state index in [1.165, 1.54) is 16.2 Å². The van der Waals surface area contributed by atoms with E-state index in [1.54, 1.807) is 13.1 Å². The Bertz CT molecular complexity index is 603. The first kappa shape index (κ1) is 17.8. The molecule has 8 heteroatoms. The molecule has 2 saturated heterocycles. The van der Waals surface area contributed by atoms with Crippen molar-refractivity contribution in [3.8, 4) is 0 Å². The molecule has 132 valence electrons. The molecule has 0 radical (unpaired) electrons. The van der Waals surface area contributed by atoms with Crippen molar-refractivity contribution in [2.24, 2.45) is 5.92 Å². The second kappa shape index (κ2) is 7.95. The van der Waals surface area contributed by atoms with Gasteiger partial charge in [-0.3, -0.25) is 9.59 Å². The van der Waals surface area contributed by atoms with Gasteiger partial charge in [-0.1, -0.05) is 0 Å². The molecule has 0 aliphatic carbocycles. The third-order valence-corrected chi connectivity index (χ3v) is 5.96. The lowest BCUT2D eigenvalue weighted by Gasteiger charge is -2.35. The summed E-state index contributed by atoms with van der Waals surface area (Å²) in [6.07, 6.45) is 1.75. The van der Waals surface area contributed by atoms with E-state index in [9.17, 15) is 9.59 Å². The van der Waals surface area contributed by atoms with Crippen LogP contribution in [0, 0.1) is 5.92 Å². The maximum absolute atomic E-state index is 12.6. The van der Waals surface area contributed by atoms with Crippen LogP contribution in [0.1, 0.15) is 22.5 Å². The fraction of sp³-hybridized carbons (Fsp3) is 0.625. The summed E-state index contributed by atoms with van der Waals surface area (Å²) in [5.74, 6) is 0.0682. The smallest absolute Gasteiger partial charge is 0.264 e. The Morgan fingerprint density at radius 3 is 2.79 bits per heavy atom. The molecule has 24 heavy (non-hydrogen) atoms. The summed E-state index contributed by atoms with van der Waals surface area (Å²) in [6.45, 7) is 2.71. The molecule has 6 nitrogen and oxygen atoms in total. The van der Waals surface area contributed by atoms with E-state index in [1.807, 2.05) is 11.0 Å². The Labute approximate surface area is 153 Å². The minimum absolute atomic E-state index is 0.0239. The topological polar surface area (TPSA) is 59.1 Å². The lowest BCUT2D eigenvalue weighted by atomic mass is 9.97. The Balaban J connectivity index is 1.54. The molecule has 0 N–H and O–H groups in total. The van der Waals surface area contributed by atoms with Gasteiger partial charge >= 0.3 is 0 Å². The number of carbonyl (C=O) groups is 2. The van der Waals surface area contributed by atoms with E-state index in [0.29, 0.717) is 24.6 Å². The summed E-state index contributed by atoms with van der Waals surface area (Å²) in [5.41, 5.74) is 0. The molecule has 2 fully saturated rings. The molecule has 3 rings (SSSR count). The number of hydrogen-bond donors (Lipinski definition) is 0. The van der Waals surface area contributed by atoms with Crippen molar-refractivity contribution in [3.63, 3.8) is 0 Å². The summed E-state index contributed by atoms with van der Waals surface area (Å²) >= 11 is 4.72. The number of carbonyl (C=O) groups excluding carboxylic acids is 2. The molecule has 0 spiro atoms. The van der Waals surface area contributed by atoms with E-state index in [4.69, 9.17) is 9.47 Å². The number of likely N-dealkylation sites (N-methyl/N-ethyl adjacent to an activating group) is 1. The Morgan fingerprint density at radius 1 is 1.38 bits per heavy atom. The van der Waals surface area contributed by atoms with Gasteiger partial charge in [0.2, 0.25) is 5.91 Å². The highest BCUT2D eigenvalue weighted by Crippen LogP contribution is 2.25. The van der Waals surface area contributed by atoms with E-state index in [0.717, 1.165) is 23.2 Å². The van der Waals surface area contributed by atoms with Crippen LogP contribution in [0.2, 0.25) is 0 Å². The van der Waals surface area contributed by atoms with Crippen LogP contribution in [0.4, 0.5) is 0 Å². The third kappa shape index (κ3) is 4.17. The number of piperidine rings is 1. The van der Waals surface area contributed by atoms with Crippen LogP contribution >= 0.6 is 27.3 Å². The van der Waals surface area contributed by atoms with Crippen LogP contribution < -0.4 is 0 Å². The number of nitrogens with zero attached hydrogens (tertiary/aromatic N) is 2. The second-order valence-electron chi connectivity index (χ2n) is 6.12. The predicted molar refractivity (Wildman–Crippen MR) is 94.0 cm³/mol. The van der Waals surface area contributed by atoms with Gasteiger partial charge < -0.3 is 19.3 Å². The van der Waals surface area contributed by atoms with Crippen molar-refractivity contribution in [1.82, 2.24) is 9.80 Å². The van der Waals surface area contributed by atoms with Crippen molar-refractivity contribution in [2.45, 2.75) is 19.1 Å². The van der Waals surface area contributed by atoms with Crippen molar-refractivity contribution in [3.05, 3.63) is 20.8 Å². The molecular formula is C16H21BrN2O4S. The number of amides is 2. The van der Waals surface area contributed by atoms with Gasteiger partial charge in [0.15, 0.2) is 6.29 Å². The Morgan fingerprint density at radius 2 is 2.12 bits per heavy atom. The van der Waals surface area contributed by atoms with Gasteiger partial charge in [-0.05, 0) is 40.9 Å². The molecule has 2 aliphatic heterocycles. The van der Waals surface area contributed by atoms with Crippen LogP contribution in [0.25, 0.3) is 0 Å². The van der Waals surface area contributed by atoms with Gasteiger partial charge in [0, 0.05) is 26.1 Å². The molecule has 0 unspecified atom stereocenters. The molecule has 0 saturated carbocycles. The van der Waals surface area contributed by atoms with Crippen LogP contribution in [-0.2, 0) is 14.3 Å². The van der Waals surface area contributed by atoms with E-state index in [-0.39, 0.29) is 30.6 Å². The van der Waals surface area contributed by atoms with Crippen molar-refractivity contribution < 1.29 is 19.1 Å². The molecule has 1 aromatic rings. The monoisotopic (exact) mass is 416 g/mol. The highest BCUT2D eigenvalue weighted by Gasteiger charge is 2.33. The van der Waals surface area contributed by atoms with Crippen molar-refractivity contribution >= 4 is 39.1 Å². The summed E-state index contributed by atoms with van der Waals surface area (Å²) in [5, 5.41) is 0. The average Bonchev–Trinajstić information content (AvgIpc) is 3.25.